The van der Waals surface area contributed by atoms with Gasteiger partial charge in [0.25, 0.3) is 0 Å². The molecule has 3 N–H and O–H groups in total. The van der Waals surface area contributed by atoms with E-state index in [2.05, 4.69) is 9.71 Å². The van der Waals surface area contributed by atoms with Crippen LogP contribution in [0.3, 0.4) is 0 Å². The molecule has 108 valence electrons. The summed E-state index contributed by atoms with van der Waals surface area (Å²) in [7, 11) is -4.19. The largest absolute Gasteiger partial charge is 0.399 e. The molecule has 0 fully saturated rings. The molecule has 1 aromatic heterocycles. The van der Waals surface area contributed by atoms with Gasteiger partial charge < -0.3 is 5.73 Å². The van der Waals surface area contributed by atoms with Crippen LogP contribution in [0.1, 0.15) is 9.88 Å². The van der Waals surface area contributed by atoms with E-state index in [1.165, 1.54) is 17.5 Å². The van der Waals surface area contributed by atoms with E-state index in [0.29, 0.717) is 4.88 Å². The van der Waals surface area contributed by atoms with Gasteiger partial charge in [-0.15, -0.1) is 11.3 Å². The summed E-state index contributed by atoms with van der Waals surface area (Å²) in [6.45, 7) is 1.72. The van der Waals surface area contributed by atoms with Crippen LogP contribution in [0.4, 0.5) is 14.5 Å². The Hall–Kier alpha value is -1.58. The molecule has 0 spiro atoms. The molecule has 0 unspecified atom stereocenters. The smallest absolute Gasteiger partial charge is 0.244 e. The molecule has 5 nitrogen and oxygen atoms in total. The second-order valence-electron chi connectivity index (χ2n) is 3.98. The van der Waals surface area contributed by atoms with Gasteiger partial charge in [0.05, 0.1) is 5.01 Å². The fourth-order valence-corrected chi connectivity index (χ4v) is 3.46. The van der Waals surface area contributed by atoms with Gasteiger partial charge in [-0.3, -0.25) is 0 Å². The molecule has 0 saturated heterocycles. The Kier molecular flexibility index (Phi) is 4.02. The van der Waals surface area contributed by atoms with E-state index in [-0.39, 0.29) is 12.2 Å². The third-order valence-corrected chi connectivity index (χ3v) is 4.73. The molecule has 1 aromatic carbocycles. The van der Waals surface area contributed by atoms with Gasteiger partial charge >= 0.3 is 0 Å². The number of nitrogen functional groups attached to an aromatic ring is 1. The summed E-state index contributed by atoms with van der Waals surface area (Å²) in [5.74, 6) is -2.76. The summed E-state index contributed by atoms with van der Waals surface area (Å²) in [4.78, 5) is 3.82. The minimum atomic E-state index is -4.19. The molecule has 0 bridgehead atoms. The number of nitrogens with zero attached hydrogens (tertiary/aromatic N) is 1. The quantitative estimate of drug-likeness (QED) is 0.841. The lowest BCUT2D eigenvalue weighted by Gasteiger charge is -2.08. The molecule has 0 aliphatic heterocycles. The van der Waals surface area contributed by atoms with Crippen molar-refractivity contribution in [3.05, 3.63) is 39.8 Å². The summed E-state index contributed by atoms with van der Waals surface area (Å²) >= 11 is 1.30. The standard InChI is InChI=1S/C11H11F2N3O2S2/c1-6-15-4-8(19-6)5-16-20(17,18)10-3-7(14)2-9(12)11(10)13/h2-4,16H,5,14H2,1H3. The van der Waals surface area contributed by atoms with Crippen molar-refractivity contribution in [2.24, 2.45) is 0 Å². The Bertz CT molecular complexity index is 744. The summed E-state index contributed by atoms with van der Waals surface area (Å²) in [5, 5.41) is 0.778. The Morgan fingerprint density at radius 1 is 1.40 bits per heavy atom. The van der Waals surface area contributed by atoms with Crippen molar-refractivity contribution in [3.8, 4) is 0 Å². The molecular formula is C11H11F2N3O2S2. The first-order valence-corrected chi connectivity index (χ1v) is 7.75. The molecule has 1 heterocycles. The van der Waals surface area contributed by atoms with Gasteiger partial charge in [-0.25, -0.2) is 26.9 Å². The number of anilines is 1. The van der Waals surface area contributed by atoms with Gasteiger partial charge in [0.15, 0.2) is 11.6 Å². The summed E-state index contributed by atoms with van der Waals surface area (Å²) in [5.41, 5.74) is 5.16. The molecular weight excluding hydrogens is 308 g/mol. The second kappa shape index (κ2) is 5.43. The van der Waals surface area contributed by atoms with Gasteiger partial charge in [0.1, 0.15) is 4.90 Å². The fourth-order valence-electron chi connectivity index (χ4n) is 1.51. The van der Waals surface area contributed by atoms with Crippen LogP contribution in [-0.4, -0.2) is 13.4 Å². The van der Waals surface area contributed by atoms with Crippen molar-refractivity contribution in [2.75, 3.05) is 5.73 Å². The van der Waals surface area contributed by atoms with Crippen LogP contribution in [0.15, 0.2) is 23.2 Å². The predicted molar refractivity (Wildman–Crippen MR) is 71.6 cm³/mol. The highest BCUT2D eigenvalue weighted by Gasteiger charge is 2.22. The zero-order valence-electron chi connectivity index (χ0n) is 10.4. The zero-order valence-corrected chi connectivity index (χ0v) is 12.0. The van der Waals surface area contributed by atoms with Gasteiger partial charge in [-0.05, 0) is 19.1 Å². The van der Waals surface area contributed by atoms with Crippen LogP contribution in [0.5, 0.6) is 0 Å². The molecule has 0 amide bonds. The third-order valence-electron chi connectivity index (χ3n) is 2.41. The maximum atomic E-state index is 13.5. The van der Waals surface area contributed by atoms with Crippen LogP contribution in [0.25, 0.3) is 0 Å². The van der Waals surface area contributed by atoms with Gasteiger partial charge in [-0.2, -0.15) is 0 Å². The maximum absolute atomic E-state index is 13.5. The minimum Gasteiger partial charge on any atom is -0.399 e. The predicted octanol–water partition coefficient (Wildman–Crippen LogP) is 1.79. The second-order valence-corrected chi connectivity index (χ2v) is 7.04. The lowest BCUT2D eigenvalue weighted by Crippen LogP contribution is -2.24. The van der Waals surface area contributed by atoms with Crippen LogP contribution in [-0.2, 0) is 16.6 Å². The Balaban J connectivity index is 2.27. The minimum absolute atomic E-state index is 0.0519. The average Bonchev–Trinajstić information content (AvgIpc) is 2.77. The number of thiazole rings is 1. The van der Waals surface area contributed by atoms with Crippen molar-refractivity contribution in [3.63, 3.8) is 0 Å². The lowest BCUT2D eigenvalue weighted by molar-refractivity contribution is 0.484. The van der Waals surface area contributed by atoms with Crippen LogP contribution < -0.4 is 10.5 Å². The number of sulfonamides is 1. The van der Waals surface area contributed by atoms with Gasteiger partial charge in [0.2, 0.25) is 10.0 Å². The first-order valence-electron chi connectivity index (χ1n) is 5.45. The van der Waals surface area contributed by atoms with E-state index in [1.807, 2.05) is 0 Å². The Morgan fingerprint density at radius 2 is 2.10 bits per heavy atom. The SMILES string of the molecule is Cc1ncc(CNS(=O)(=O)c2cc(N)cc(F)c2F)s1. The lowest BCUT2D eigenvalue weighted by atomic mass is 10.3. The highest BCUT2D eigenvalue weighted by atomic mass is 32.2. The highest BCUT2D eigenvalue weighted by molar-refractivity contribution is 7.89. The van der Waals surface area contributed by atoms with Crippen LogP contribution in [0.2, 0.25) is 0 Å². The molecule has 20 heavy (non-hydrogen) atoms. The molecule has 0 atom stereocenters. The van der Waals surface area contributed by atoms with E-state index in [9.17, 15) is 17.2 Å². The number of aromatic nitrogens is 1. The number of nitrogens with one attached hydrogen (secondary N) is 1. The number of nitrogens with two attached hydrogens (primary N) is 1. The number of hydrogen-bond acceptors (Lipinski definition) is 5. The number of aryl methyl sites for hydroxylation is 1. The van der Waals surface area contributed by atoms with E-state index < -0.39 is 26.6 Å². The van der Waals surface area contributed by atoms with Crippen molar-refractivity contribution < 1.29 is 17.2 Å². The van der Waals surface area contributed by atoms with Crippen molar-refractivity contribution in [1.82, 2.24) is 9.71 Å². The third kappa shape index (κ3) is 3.11. The number of hydrogen-bond donors (Lipinski definition) is 2. The monoisotopic (exact) mass is 319 g/mol. The number of benzene rings is 1. The molecule has 2 aromatic rings. The van der Waals surface area contributed by atoms with E-state index in [4.69, 9.17) is 5.73 Å². The van der Waals surface area contributed by atoms with E-state index >= 15 is 0 Å². The molecule has 2 rings (SSSR count). The summed E-state index contributed by atoms with van der Waals surface area (Å²) in [6, 6.07) is 1.60. The molecule has 9 heteroatoms. The van der Waals surface area contributed by atoms with Crippen LogP contribution >= 0.6 is 11.3 Å². The van der Waals surface area contributed by atoms with Crippen molar-refractivity contribution in [2.45, 2.75) is 18.4 Å². The van der Waals surface area contributed by atoms with Crippen molar-refractivity contribution >= 4 is 27.0 Å². The molecule has 0 saturated carbocycles. The van der Waals surface area contributed by atoms with Crippen LogP contribution in [0, 0.1) is 18.6 Å². The highest BCUT2D eigenvalue weighted by Crippen LogP contribution is 2.21. The first kappa shape index (κ1) is 14.8. The van der Waals surface area contributed by atoms with Gasteiger partial charge in [0, 0.05) is 23.3 Å². The maximum Gasteiger partial charge on any atom is 0.244 e. The summed E-state index contributed by atoms with van der Waals surface area (Å²) < 4.78 is 52.8. The normalized spacial score (nSPS) is 11.8. The Morgan fingerprint density at radius 3 is 2.70 bits per heavy atom. The number of halogens is 2. The Labute approximate surface area is 118 Å². The fraction of sp³-hybridized carbons (Fsp3) is 0.182. The topological polar surface area (TPSA) is 85.1 Å². The molecule has 0 aliphatic rings. The average molecular weight is 319 g/mol. The van der Waals surface area contributed by atoms with Crippen molar-refractivity contribution in [1.29, 1.82) is 0 Å². The summed E-state index contributed by atoms with van der Waals surface area (Å²) in [6.07, 6.45) is 1.51. The number of rotatable bonds is 4. The first-order chi connectivity index (χ1) is 9.29. The van der Waals surface area contributed by atoms with Gasteiger partial charge in [-0.1, -0.05) is 0 Å². The zero-order chi connectivity index (χ0) is 14.9. The van der Waals surface area contributed by atoms with E-state index in [1.54, 1.807) is 6.92 Å². The molecule has 0 radical (unpaired) electrons. The van der Waals surface area contributed by atoms with E-state index in [0.717, 1.165) is 17.1 Å². The molecule has 0 aliphatic carbocycles.